The van der Waals surface area contributed by atoms with Gasteiger partial charge in [0.05, 0.1) is 30.9 Å². The van der Waals surface area contributed by atoms with Gasteiger partial charge in [-0.05, 0) is 54.6 Å². The number of hydrogen-bond acceptors (Lipinski definition) is 6. The number of sulfonamides is 1. The number of carbonyl (C=O) groups excluding carboxylic acids is 1. The maximum atomic E-state index is 13.1. The minimum Gasteiger partial charge on any atom is -0.495 e. The van der Waals surface area contributed by atoms with Gasteiger partial charge in [-0.15, -0.1) is 0 Å². The zero-order chi connectivity index (χ0) is 24.1. The van der Waals surface area contributed by atoms with Crippen LogP contribution in [0.2, 0.25) is 0 Å². The van der Waals surface area contributed by atoms with E-state index >= 15 is 0 Å². The predicted molar refractivity (Wildman–Crippen MR) is 132 cm³/mol. The van der Waals surface area contributed by atoms with Crippen molar-refractivity contribution in [1.29, 1.82) is 0 Å². The molecule has 0 aliphatic carbocycles. The molecule has 0 radical (unpaired) electrons. The smallest absolute Gasteiger partial charge is 0.264 e. The normalized spacial score (nSPS) is 13.9. The molecule has 1 amide bonds. The number of methoxy groups -OCH3 is 1. The van der Waals surface area contributed by atoms with E-state index in [1.54, 1.807) is 24.3 Å². The van der Waals surface area contributed by atoms with Crippen LogP contribution in [0.3, 0.4) is 0 Å². The van der Waals surface area contributed by atoms with Crippen molar-refractivity contribution < 1.29 is 22.7 Å². The predicted octanol–water partition coefficient (Wildman–Crippen LogP) is 3.61. The average Bonchev–Trinajstić information content (AvgIpc) is 2.89. The van der Waals surface area contributed by atoms with E-state index in [0.717, 1.165) is 23.1 Å². The van der Waals surface area contributed by atoms with Gasteiger partial charge in [-0.25, -0.2) is 8.42 Å². The third-order valence-corrected chi connectivity index (χ3v) is 7.47. The van der Waals surface area contributed by atoms with Gasteiger partial charge in [-0.3, -0.25) is 9.10 Å². The van der Waals surface area contributed by atoms with Gasteiger partial charge in [0.15, 0.2) is 0 Å². The van der Waals surface area contributed by atoms with Crippen LogP contribution in [0.5, 0.6) is 5.75 Å². The minimum absolute atomic E-state index is 0.0757. The summed E-state index contributed by atoms with van der Waals surface area (Å²) >= 11 is 0. The molecule has 1 fully saturated rings. The minimum atomic E-state index is -3.84. The first-order valence-electron chi connectivity index (χ1n) is 10.9. The van der Waals surface area contributed by atoms with Crippen LogP contribution in [-0.2, 0) is 14.8 Å². The molecule has 9 heteroatoms. The van der Waals surface area contributed by atoms with Crippen molar-refractivity contribution in [2.75, 3.05) is 55.0 Å². The zero-order valence-corrected chi connectivity index (χ0v) is 19.9. The number of rotatable bonds is 7. The van der Waals surface area contributed by atoms with Gasteiger partial charge in [0.2, 0.25) is 0 Å². The zero-order valence-electron chi connectivity index (χ0n) is 19.1. The van der Waals surface area contributed by atoms with E-state index < -0.39 is 10.0 Å². The molecule has 3 aromatic carbocycles. The van der Waals surface area contributed by atoms with E-state index in [0.29, 0.717) is 35.9 Å². The monoisotopic (exact) mass is 481 g/mol. The second-order valence-electron chi connectivity index (χ2n) is 7.77. The van der Waals surface area contributed by atoms with Gasteiger partial charge in [0, 0.05) is 37.1 Å². The number of hydrogen-bond donors (Lipinski definition) is 1. The first-order valence-corrected chi connectivity index (χ1v) is 12.3. The number of nitrogens with zero attached hydrogens (tertiary/aromatic N) is 2. The summed E-state index contributed by atoms with van der Waals surface area (Å²) in [6.07, 6.45) is 0. The molecule has 0 unspecified atom stereocenters. The number of nitrogens with one attached hydrogen (secondary N) is 1. The number of carbonyl (C=O) groups is 1. The highest BCUT2D eigenvalue weighted by molar-refractivity contribution is 7.92. The fourth-order valence-corrected chi connectivity index (χ4v) is 4.97. The molecule has 1 heterocycles. The standard InChI is InChI=1S/C25H27N3O5S/c1-27(23-8-3-4-9-24(23)32-2)34(30,31)22-12-10-19(11-13-22)25(29)26-20-6-5-7-21(18-20)28-14-16-33-17-15-28/h3-13,18H,14-17H2,1-2H3,(H,26,29). The first-order chi connectivity index (χ1) is 16.4. The molecule has 1 saturated heterocycles. The Balaban J connectivity index is 1.48. The summed E-state index contributed by atoms with van der Waals surface area (Å²) in [4.78, 5) is 15.1. The Kier molecular flexibility index (Phi) is 7.04. The fourth-order valence-electron chi connectivity index (χ4n) is 3.76. The summed E-state index contributed by atoms with van der Waals surface area (Å²) < 4.78 is 38.1. The van der Waals surface area contributed by atoms with Crippen molar-refractivity contribution in [2.45, 2.75) is 4.90 Å². The van der Waals surface area contributed by atoms with Crippen molar-refractivity contribution in [3.63, 3.8) is 0 Å². The van der Waals surface area contributed by atoms with Crippen molar-refractivity contribution >= 4 is 33.0 Å². The van der Waals surface area contributed by atoms with E-state index in [-0.39, 0.29) is 10.8 Å². The lowest BCUT2D eigenvalue weighted by Crippen LogP contribution is -2.36. The molecule has 0 atom stereocenters. The van der Waals surface area contributed by atoms with Gasteiger partial charge in [-0.2, -0.15) is 0 Å². The van der Waals surface area contributed by atoms with Crippen LogP contribution in [0.4, 0.5) is 17.1 Å². The Labute approximate surface area is 199 Å². The highest BCUT2D eigenvalue weighted by Gasteiger charge is 2.24. The number of amides is 1. The molecule has 34 heavy (non-hydrogen) atoms. The Hall–Kier alpha value is -3.56. The lowest BCUT2D eigenvalue weighted by molar-refractivity contribution is 0.102. The molecule has 0 aromatic heterocycles. The third-order valence-electron chi connectivity index (χ3n) is 5.68. The van der Waals surface area contributed by atoms with Gasteiger partial charge in [-0.1, -0.05) is 18.2 Å². The molecule has 0 bridgehead atoms. The number of anilines is 3. The number of morpholine rings is 1. The van der Waals surface area contributed by atoms with E-state index in [2.05, 4.69) is 10.2 Å². The van der Waals surface area contributed by atoms with Crippen molar-refractivity contribution in [1.82, 2.24) is 0 Å². The van der Waals surface area contributed by atoms with Gasteiger partial charge >= 0.3 is 0 Å². The summed E-state index contributed by atoms with van der Waals surface area (Å²) in [7, 11) is -0.881. The first kappa shape index (κ1) is 23.6. The second kappa shape index (κ2) is 10.1. The van der Waals surface area contributed by atoms with Crippen LogP contribution in [0.1, 0.15) is 10.4 Å². The van der Waals surface area contributed by atoms with Crippen molar-refractivity contribution in [3.05, 3.63) is 78.4 Å². The van der Waals surface area contributed by atoms with Crippen LogP contribution in [-0.4, -0.2) is 54.8 Å². The largest absolute Gasteiger partial charge is 0.495 e. The van der Waals surface area contributed by atoms with Gasteiger partial charge in [0.1, 0.15) is 5.75 Å². The highest BCUT2D eigenvalue weighted by atomic mass is 32.2. The summed E-state index contributed by atoms with van der Waals surface area (Å²) in [5.41, 5.74) is 2.46. The summed E-state index contributed by atoms with van der Waals surface area (Å²) in [5, 5.41) is 2.89. The van der Waals surface area contributed by atoms with Crippen LogP contribution in [0.25, 0.3) is 0 Å². The number of ether oxygens (including phenoxy) is 2. The average molecular weight is 482 g/mol. The van der Waals surface area contributed by atoms with E-state index in [9.17, 15) is 13.2 Å². The fraction of sp³-hybridized carbons (Fsp3) is 0.240. The molecule has 1 aliphatic rings. The quantitative estimate of drug-likeness (QED) is 0.555. The van der Waals surface area contributed by atoms with E-state index in [4.69, 9.17) is 9.47 Å². The Morgan fingerprint density at radius 3 is 2.41 bits per heavy atom. The molecule has 1 N–H and O–H groups in total. The number of benzene rings is 3. The molecule has 178 valence electrons. The Morgan fingerprint density at radius 1 is 1.00 bits per heavy atom. The molecule has 4 rings (SSSR count). The van der Waals surface area contributed by atoms with Gasteiger partial charge in [0.25, 0.3) is 15.9 Å². The van der Waals surface area contributed by atoms with Crippen LogP contribution in [0, 0.1) is 0 Å². The molecule has 1 aliphatic heterocycles. The van der Waals surface area contributed by atoms with Crippen molar-refractivity contribution in [3.8, 4) is 5.75 Å². The summed E-state index contributed by atoms with van der Waals surface area (Å²) in [5.74, 6) is 0.130. The van der Waals surface area contributed by atoms with Crippen LogP contribution >= 0.6 is 0 Å². The molecule has 0 spiro atoms. The highest BCUT2D eigenvalue weighted by Crippen LogP contribution is 2.31. The molecule has 0 saturated carbocycles. The van der Waals surface area contributed by atoms with Gasteiger partial charge < -0.3 is 19.7 Å². The van der Waals surface area contributed by atoms with Crippen molar-refractivity contribution in [2.24, 2.45) is 0 Å². The maximum absolute atomic E-state index is 13.1. The molecule has 3 aromatic rings. The SMILES string of the molecule is COc1ccccc1N(C)S(=O)(=O)c1ccc(C(=O)Nc2cccc(N3CCOCC3)c2)cc1. The summed E-state index contributed by atoms with van der Waals surface area (Å²) in [6, 6.07) is 20.4. The summed E-state index contributed by atoms with van der Waals surface area (Å²) in [6.45, 7) is 2.96. The Bertz CT molecular complexity index is 1260. The maximum Gasteiger partial charge on any atom is 0.264 e. The topological polar surface area (TPSA) is 88.2 Å². The third kappa shape index (κ3) is 5.00. The molecular weight excluding hydrogens is 454 g/mol. The molecule has 8 nitrogen and oxygen atoms in total. The van der Waals surface area contributed by atoms with Crippen LogP contribution in [0.15, 0.2) is 77.7 Å². The van der Waals surface area contributed by atoms with E-state index in [1.165, 1.54) is 38.4 Å². The Morgan fingerprint density at radius 2 is 1.71 bits per heavy atom. The second-order valence-corrected chi connectivity index (χ2v) is 9.74. The number of para-hydroxylation sites is 2. The lowest BCUT2D eigenvalue weighted by Gasteiger charge is -2.29. The lowest BCUT2D eigenvalue weighted by atomic mass is 10.2. The molecular formula is C25H27N3O5S. The van der Waals surface area contributed by atoms with E-state index in [1.807, 2.05) is 24.3 Å². The van der Waals surface area contributed by atoms with Crippen LogP contribution < -0.4 is 19.3 Å².